The minimum absolute atomic E-state index is 0.281. The normalized spacial score (nSPS) is 14.1. The van der Waals surface area contributed by atoms with Crippen LogP contribution in [0.15, 0.2) is 28.7 Å². The molecule has 0 aromatic heterocycles. The predicted octanol–water partition coefficient (Wildman–Crippen LogP) is 3.79. The average Bonchev–Trinajstić information content (AvgIpc) is 2.29. The highest BCUT2D eigenvalue weighted by atomic mass is 79.9. The molecule has 0 aliphatic carbocycles. The SMILES string of the molecule is CCC(CC#N)N[C@H](C)c1ccc(Br)cc1. The van der Waals surface area contributed by atoms with Gasteiger partial charge in [-0.15, -0.1) is 0 Å². The van der Waals surface area contributed by atoms with E-state index in [4.69, 9.17) is 5.26 Å². The summed E-state index contributed by atoms with van der Waals surface area (Å²) in [5.41, 5.74) is 1.25. The van der Waals surface area contributed by atoms with Gasteiger partial charge in [-0.05, 0) is 31.0 Å². The summed E-state index contributed by atoms with van der Waals surface area (Å²) in [6.07, 6.45) is 1.55. The lowest BCUT2D eigenvalue weighted by atomic mass is 10.1. The van der Waals surface area contributed by atoms with Crippen molar-refractivity contribution < 1.29 is 0 Å². The lowest BCUT2D eigenvalue weighted by molar-refractivity contribution is 0.448. The first-order valence-corrected chi connectivity index (χ1v) is 6.35. The van der Waals surface area contributed by atoms with Gasteiger partial charge in [0, 0.05) is 16.6 Å². The van der Waals surface area contributed by atoms with Crippen LogP contribution in [0.5, 0.6) is 0 Å². The zero-order valence-corrected chi connectivity index (χ0v) is 11.3. The molecule has 1 aromatic carbocycles. The van der Waals surface area contributed by atoms with Crippen LogP contribution >= 0.6 is 15.9 Å². The molecule has 0 aliphatic rings. The summed E-state index contributed by atoms with van der Waals surface area (Å²) in [7, 11) is 0. The van der Waals surface area contributed by atoms with Gasteiger partial charge in [0.25, 0.3) is 0 Å². The van der Waals surface area contributed by atoms with Crippen LogP contribution < -0.4 is 5.32 Å². The molecular weight excluding hydrogens is 264 g/mol. The Morgan fingerprint density at radius 1 is 1.38 bits per heavy atom. The highest BCUT2D eigenvalue weighted by molar-refractivity contribution is 9.10. The first-order chi connectivity index (χ1) is 7.67. The van der Waals surface area contributed by atoms with Gasteiger partial charge in [-0.25, -0.2) is 0 Å². The van der Waals surface area contributed by atoms with Crippen molar-refractivity contribution in [3.8, 4) is 6.07 Å². The van der Waals surface area contributed by atoms with Crippen LogP contribution in [0, 0.1) is 11.3 Å². The molecule has 1 unspecified atom stereocenters. The van der Waals surface area contributed by atoms with Crippen molar-refractivity contribution in [1.29, 1.82) is 5.26 Å². The van der Waals surface area contributed by atoms with Gasteiger partial charge in [0.05, 0.1) is 12.5 Å². The lowest BCUT2D eigenvalue weighted by Crippen LogP contribution is -2.30. The van der Waals surface area contributed by atoms with E-state index < -0.39 is 0 Å². The van der Waals surface area contributed by atoms with Gasteiger partial charge in [0.1, 0.15) is 0 Å². The standard InChI is InChI=1S/C13H17BrN2/c1-3-13(8-9-15)16-10(2)11-4-6-12(14)7-5-11/h4-7,10,13,16H,3,8H2,1-2H3/t10-,13?/m1/s1. The van der Waals surface area contributed by atoms with E-state index in [1.165, 1.54) is 5.56 Å². The van der Waals surface area contributed by atoms with Crippen LogP contribution in [-0.4, -0.2) is 6.04 Å². The molecule has 0 bridgehead atoms. The smallest absolute Gasteiger partial charge is 0.0638 e. The molecule has 0 saturated carbocycles. The molecule has 16 heavy (non-hydrogen) atoms. The third-order valence-corrected chi connectivity index (χ3v) is 3.21. The van der Waals surface area contributed by atoms with E-state index in [1.807, 2.05) is 12.1 Å². The first kappa shape index (κ1) is 13.2. The maximum absolute atomic E-state index is 8.69. The third kappa shape index (κ3) is 3.96. The molecule has 2 atom stereocenters. The minimum Gasteiger partial charge on any atom is -0.306 e. The summed E-state index contributed by atoms with van der Waals surface area (Å²) >= 11 is 3.42. The zero-order chi connectivity index (χ0) is 12.0. The van der Waals surface area contributed by atoms with Gasteiger partial charge in [-0.3, -0.25) is 0 Å². The lowest BCUT2D eigenvalue weighted by Gasteiger charge is -2.20. The fraction of sp³-hybridized carbons (Fsp3) is 0.462. The zero-order valence-electron chi connectivity index (χ0n) is 9.70. The van der Waals surface area contributed by atoms with Gasteiger partial charge in [-0.1, -0.05) is 35.0 Å². The Hall–Kier alpha value is -0.850. The summed E-state index contributed by atoms with van der Waals surface area (Å²) in [5, 5.41) is 12.2. The number of rotatable bonds is 5. The van der Waals surface area contributed by atoms with Crippen molar-refractivity contribution in [2.24, 2.45) is 0 Å². The third-order valence-electron chi connectivity index (χ3n) is 2.69. The van der Waals surface area contributed by atoms with E-state index in [1.54, 1.807) is 0 Å². The summed E-state index contributed by atoms with van der Waals surface area (Å²) < 4.78 is 1.09. The van der Waals surface area contributed by atoms with Gasteiger partial charge in [-0.2, -0.15) is 5.26 Å². The summed E-state index contributed by atoms with van der Waals surface area (Å²) in [6, 6.07) is 11.1. The molecule has 86 valence electrons. The number of halogens is 1. The predicted molar refractivity (Wildman–Crippen MR) is 70.0 cm³/mol. The number of nitrogens with zero attached hydrogens (tertiary/aromatic N) is 1. The summed E-state index contributed by atoms with van der Waals surface area (Å²) in [6.45, 7) is 4.23. The Balaban J connectivity index is 2.60. The van der Waals surface area contributed by atoms with E-state index in [2.05, 4.69) is 53.3 Å². The maximum atomic E-state index is 8.69. The minimum atomic E-state index is 0.281. The number of hydrogen-bond acceptors (Lipinski definition) is 2. The fourth-order valence-corrected chi connectivity index (χ4v) is 1.90. The molecule has 0 aliphatic heterocycles. The van der Waals surface area contributed by atoms with Crippen molar-refractivity contribution in [3.63, 3.8) is 0 Å². The van der Waals surface area contributed by atoms with E-state index >= 15 is 0 Å². The molecule has 0 saturated heterocycles. The Bertz CT molecular complexity index is 353. The largest absolute Gasteiger partial charge is 0.306 e. The van der Waals surface area contributed by atoms with E-state index in [0.29, 0.717) is 6.42 Å². The quantitative estimate of drug-likeness (QED) is 0.891. The van der Waals surface area contributed by atoms with Crippen molar-refractivity contribution in [2.75, 3.05) is 0 Å². The molecule has 0 fully saturated rings. The second kappa shape index (κ2) is 6.67. The van der Waals surface area contributed by atoms with Crippen LogP contribution in [0.2, 0.25) is 0 Å². The maximum Gasteiger partial charge on any atom is 0.0638 e. The summed E-state index contributed by atoms with van der Waals surface area (Å²) in [5.74, 6) is 0. The number of nitriles is 1. The molecule has 2 nitrogen and oxygen atoms in total. The van der Waals surface area contributed by atoms with E-state index in [-0.39, 0.29) is 12.1 Å². The highest BCUT2D eigenvalue weighted by Crippen LogP contribution is 2.17. The van der Waals surface area contributed by atoms with Crippen molar-refractivity contribution in [2.45, 2.75) is 38.8 Å². The van der Waals surface area contributed by atoms with Crippen LogP contribution in [0.4, 0.5) is 0 Å². The number of benzene rings is 1. The van der Waals surface area contributed by atoms with Crippen LogP contribution in [-0.2, 0) is 0 Å². The number of nitrogens with one attached hydrogen (secondary N) is 1. The molecule has 0 spiro atoms. The second-order valence-electron chi connectivity index (χ2n) is 3.91. The van der Waals surface area contributed by atoms with Crippen LogP contribution in [0.25, 0.3) is 0 Å². The topological polar surface area (TPSA) is 35.8 Å². The number of hydrogen-bond donors (Lipinski definition) is 1. The molecular formula is C13H17BrN2. The summed E-state index contributed by atoms with van der Waals surface area (Å²) in [4.78, 5) is 0. The molecule has 1 N–H and O–H groups in total. The molecule has 0 heterocycles. The molecule has 1 rings (SSSR count). The Morgan fingerprint density at radius 3 is 2.50 bits per heavy atom. The van der Waals surface area contributed by atoms with Gasteiger partial charge < -0.3 is 5.32 Å². The molecule has 0 radical (unpaired) electrons. The van der Waals surface area contributed by atoms with Crippen LogP contribution in [0.1, 0.15) is 38.3 Å². The van der Waals surface area contributed by atoms with Crippen molar-refractivity contribution >= 4 is 15.9 Å². The Labute approximate surface area is 106 Å². The van der Waals surface area contributed by atoms with Gasteiger partial charge in [0.2, 0.25) is 0 Å². The monoisotopic (exact) mass is 280 g/mol. The van der Waals surface area contributed by atoms with Gasteiger partial charge >= 0.3 is 0 Å². The van der Waals surface area contributed by atoms with E-state index in [0.717, 1.165) is 10.9 Å². The molecule has 0 amide bonds. The van der Waals surface area contributed by atoms with Gasteiger partial charge in [0.15, 0.2) is 0 Å². The first-order valence-electron chi connectivity index (χ1n) is 5.55. The van der Waals surface area contributed by atoms with Crippen molar-refractivity contribution in [3.05, 3.63) is 34.3 Å². The Kier molecular flexibility index (Phi) is 5.51. The average molecular weight is 281 g/mol. The highest BCUT2D eigenvalue weighted by Gasteiger charge is 2.11. The van der Waals surface area contributed by atoms with Crippen molar-refractivity contribution in [1.82, 2.24) is 5.32 Å². The van der Waals surface area contributed by atoms with E-state index in [9.17, 15) is 0 Å². The molecule has 1 aromatic rings. The fourth-order valence-electron chi connectivity index (χ4n) is 1.63. The molecule has 3 heteroatoms. The second-order valence-corrected chi connectivity index (χ2v) is 4.82. The Morgan fingerprint density at radius 2 is 2.00 bits per heavy atom. The van der Waals surface area contributed by atoms with Crippen LogP contribution in [0.3, 0.4) is 0 Å².